The van der Waals surface area contributed by atoms with E-state index in [2.05, 4.69) is 20.1 Å². The van der Waals surface area contributed by atoms with Gasteiger partial charge in [0.15, 0.2) is 0 Å². The highest BCUT2D eigenvalue weighted by molar-refractivity contribution is 6.05. The number of hydrogen-bond donors (Lipinski definition) is 2. The average Bonchev–Trinajstić information content (AvgIpc) is 2.68. The van der Waals surface area contributed by atoms with Gasteiger partial charge in [0.25, 0.3) is 5.91 Å². The first-order valence-corrected chi connectivity index (χ1v) is 7.75. The molecule has 7 nitrogen and oxygen atoms in total. The fourth-order valence-electron chi connectivity index (χ4n) is 2.06. The zero-order valence-electron chi connectivity index (χ0n) is 14.6. The summed E-state index contributed by atoms with van der Waals surface area (Å²) in [6.45, 7) is 0. The molecule has 0 atom stereocenters. The Balaban J connectivity index is 2.18. The highest BCUT2D eigenvalue weighted by atomic mass is 19.1. The van der Waals surface area contributed by atoms with Gasteiger partial charge in [-0.15, -0.1) is 0 Å². The van der Waals surface area contributed by atoms with E-state index >= 15 is 0 Å². The molecule has 0 heterocycles. The van der Waals surface area contributed by atoms with Crippen LogP contribution in [0.25, 0.3) is 0 Å². The van der Waals surface area contributed by atoms with Crippen molar-refractivity contribution in [2.24, 2.45) is 0 Å². The normalized spacial score (nSPS) is 10.7. The van der Waals surface area contributed by atoms with Gasteiger partial charge in [0.1, 0.15) is 11.5 Å². The fourth-order valence-corrected chi connectivity index (χ4v) is 2.06. The fraction of sp³-hybridized carbons (Fsp3) is 0.105. The number of ether oxygens (including phenoxy) is 2. The van der Waals surface area contributed by atoms with Crippen molar-refractivity contribution in [3.8, 4) is 0 Å². The van der Waals surface area contributed by atoms with Gasteiger partial charge in [-0.1, -0.05) is 6.07 Å². The number of halogens is 1. The van der Waals surface area contributed by atoms with Crippen molar-refractivity contribution in [1.29, 1.82) is 0 Å². The topological polar surface area (TPSA) is 93.7 Å². The minimum Gasteiger partial charge on any atom is -0.466 e. The molecule has 0 fully saturated rings. The van der Waals surface area contributed by atoms with Gasteiger partial charge in [-0.05, 0) is 42.5 Å². The first kappa shape index (κ1) is 19.6. The third-order valence-corrected chi connectivity index (χ3v) is 3.37. The molecule has 0 aliphatic carbocycles. The number of rotatable bonds is 6. The molecule has 2 aromatic rings. The van der Waals surface area contributed by atoms with E-state index in [1.807, 2.05) is 0 Å². The minimum absolute atomic E-state index is 0.152. The van der Waals surface area contributed by atoms with Crippen LogP contribution in [0.3, 0.4) is 0 Å². The summed E-state index contributed by atoms with van der Waals surface area (Å²) >= 11 is 0. The third-order valence-electron chi connectivity index (χ3n) is 3.37. The predicted octanol–water partition coefficient (Wildman–Crippen LogP) is 2.72. The van der Waals surface area contributed by atoms with E-state index in [4.69, 9.17) is 0 Å². The van der Waals surface area contributed by atoms with Crippen molar-refractivity contribution >= 4 is 29.2 Å². The summed E-state index contributed by atoms with van der Waals surface area (Å²) in [6, 6.07) is 11.6. The van der Waals surface area contributed by atoms with Crippen molar-refractivity contribution in [2.45, 2.75) is 0 Å². The Morgan fingerprint density at radius 1 is 0.926 bits per heavy atom. The summed E-state index contributed by atoms with van der Waals surface area (Å²) in [7, 11) is 2.34. The third kappa shape index (κ3) is 5.67. The van der Waals surface area contributed by atoms with Gasteiger partial charge in [0, 0.05) is 16.9 Å². The Hall–Kier alpha value is -3.68. The summed E-state index contributed by atoms with van der Waals surface area (Å²) < 4.78 is 22.0. The molecule has 0 spiro atoms. The molecule has 0 unspecified atom stereocenters. The van der Waals surface area contributed by atoms with Crippen LogP contribution in [0.5, 0.6) is 0 Å². The number of carbonyl (C=O) groups is 3. The van der Waals surface area contributed by atoms with Gasteiger partial charge in [-0.3, -0.25) is 4.79 Å². The van der Waals surface area contributed by atoms with Crippen molar-refractivity contribution in [2.75, 3.05) is 24.9 Å². The van der Waals surface area contributed by atoms with Crippen molar-refractivity contribution in [1.82, 2.24) is 0 Å². The van der Waals surface area contributed by atoms with Crippen LogP contribution in [0.2, 0.25) is 0 Å². The van der Waals surface area contributed by atoms with Crippen LogP contribution in [0.15, 0.2) is 60.3 Å². The Bertz CT molecular complexity index is 878. The molecule has 27 heavy (non-hydrogen) atoms. The smallest absolute Gasteiger partial charge is 0.354 e. The molecule has 2 N–H and O–H groups in total. The number of carbonyl (C=O) groups excluding carboxylic acids is 3. The second-order valence-electron chi connectivity index (χ2n) is 5.24. The second-order valence-corrected chi connectivity index (χ2v) is 5.24. The lowest BCUT2D eigenvalue weighted by molar-refractivity contribution is -0.138. The van der Waals surface area contributed by atoms with Gasteiger partial charge in [0.2, 0.25) is 0 Å². The Kier molecular flexibility index (Phi) is 6.65. The highest BCUT2D eigenvalue weighted by Gasteiger charge is 2.14. The lowest BCUT2D eigenvalue weighted by atomic mass is 10.1. The number of benzene rings is 2. The van der Waals surface area contributed by atoms with Gasteiger partial charge >= 0.3 is 11.9 Å². The number of amides is 1. The number of hydrogen-bond acceptors (Lipinski definition) is 6. The molecule has 2 rings (SSSR count). The van der Waals surface area contributed by atoms with E-state index in [1.165, 1.54) is 44.6 Å². The number of methoxy groups -OCH3 is 2. The van der Waals surface area contributed by atoms with Crippen LogP contribution in [-0.2, 0) is 19.1 Å². The molecule has 0 saturated carbocycles. The first-order chi connectivity index (χ1) is 12.9. The van der Waals surface area contributed by atoms with Gasteiger partial charge in [-0.2, -0.15) is 0 Å². The van der Waals surface area contributed by atoms with Crippen molar-refractivity contribution in [3.63, 3.8) is 0 Å². The van der Waals surface area contributed by atoms with Crippen LogP contribution in [0.1, 0.15) is 10.4 Å². The second kappa shape index (κ2) is 9.14. The minimum atomic E-state index is -0.776. The van der Waals surface area contributed by atoms with Crippen LogP contribution >= 0.6 is 0 Å². The Morgan fingerprint density at radius 2 is 1.63 bits per heavy atom. The maximum Gasteiger partial charge on any atom is 0.354 e. The molecule has 0 radical (unpaired) electrons. The molecular formula is C19H17FN2O5. The molecule has 140 valence electrons. The molecule has 0 aliphatic rings. The van der Waals surface area contributed by atoms with E-state index in [0.29, 0.717) is 11.4 Å². The molecule has 0 saturated heterocycles. The number of anilines is 2. The largest absolute Gasteiger partial charge is 0.466 e. The molecule has 8 heteroatoms. The Morgan fingerprint density at radius 3 is 2.26 bits per heavy atom. The van der Waals surface area contributed by atoms with E-state index < -0.39 is 23.7 Å². The van der Waals surface area contributed by atoms with E-state index in [-0.39, 0.29) is 11.3 Å². The SMILES string of the molecule is COC(=O)/C=C(/Nc1cccc(C(=O)Nc2ccc(F)cc2)c1)C(=O)OC. The van der Waals surface area contributed by atoms with Gasteiger partial charge < -0.3 is 20.1 Å². The van der Waals surface area contributed by atoms with Crippen LogP contribution in [-0.4, -0.2) is 32.1 Å². The summed E-state index contributed by atoms with van der Waals surface area (Å²) in [5.41, 5.74) is 0.940. The number of nitrogens with one attached hydrogen (secondary N) is 2. The molecule has 1 amide bonds. The molecular weight excluding hydrogens is 355 g/mol. The molecule has 0 aliphatic heterocycles. The summed E-state index contributed by atoms with van der Waals surface area (Å²) in [6.07, 6.45) is 0.942. The van der Waals surface area contributed by atoms with E-state index in [1.54, 1.807) is 18.2 Å². The first-order valence-electron chi connectivity index (χ1n) is 7.75. The predicted molar refractivity (Wildman–Crippen MR) is 96.5 cm³/mol. The van der Waals surface area contributed by atoms with Crippen LogP contribution in [0.4, 0.5) is 15.8 Å². The number of esters is 2. The average molecular weight is 372 g/mol. The maximum atomic E-state index is 12.9. The van der Waals surface area contributed by atoms with Gasteiger partial charge in [0.05, 0.1) is 20.3 Å². The lowest BCUT2D eigenvalue weighted by Crippen LogP contribution is -2.16. The maximum absolute atomic E-state index is 12.9. The zero-order chi connectivity index (χ0) is 19.8. The van der Waals surface area contributed by atoms with Crippen LogP contribution in [0, 0.1) is 5.82 Å². The summed E-state index contributed by atoms with van der Waals surface area (Å²) in [4.78, 5) is 35.5. The van der Waals surface area contributed by atoms with Gasteiger partial charge in [-0.25, -0.2) is 14.0 Å². The molecule has 0 bridgehead atoms. The standard InChI is InChI=1S/C19H17FN2O5/c1-26-17(23)11-16(19(25)27-2)21-15-5-3-4-12(10-15)18(24)22-14-8-6-13(20)7-9-14/h3-11,21H,1-2H3,(H,22,24)/b16-11+. The van der Waals surface area contributed by atoms with Crippen molar-refractivity contribution in [3.05, 3.63) is 71.7 Å². The van der Waals surface area contributed by atoms with E-state index in [0.717, 1.165) is 6.08 Å². The van der Waals surface area contributed by atoms with Crippen molar-refractivity contribution < 1.29 is 28.2 Å². The quantitative estimate of drug-likeness (QED) is 0.598. The molecule has 2 aromatic carbocycles. The summed E-state index contributed by atoms with van der Waals surface area (Å²) in [5, 5.41) is 5.35. The van der Waals surface area contributed by atoms with Crippen LogP contribution < -0.4 is 10.6 Å². The van der Waals surface area contributed by atoms with E-state index in [9.17, 15) is 18.8 Å². The highest BCUT2D eigenvalue weighted by Crippen LogP contribution is 2.16. The summed E-state index contributed by atoms with van der Waals surface area (Å²) in [5.74, 6) is -2.36. The lowest BCUT2D eigenvalue weighted by Gasteiger charge is -2.11. The zero-order valence-corrected chi connectivity index (χ0v) is 14.6. The monoisotopic (exact) mass is 372 g/mol. The Labute approximate surface area is 154 Å². The molecule has 0 aromatic heterocycles.